The Balaban J connectivity index is 1.83. The minimum absolute atomic E-state index is 0.0360. The zero-order valence-electron chi connectivity index (χ0n) is 12.2. The van der Waals surface area contributed by atoms with Gasteiger partial charge in [-0.05, 0) is 29.8 Å². The second kappa shape index (κ2) is 6.41. The van der Waals surface area contributed by atoms with Gasteiger partial charge in [0.05, 0.1) is 11.7 Å². The van der Waals surface area contributed by atoms with Crippen LogP contribution >= 0.6 is 0 Å². The summed E-state index contributed by atoms with van der Waals surface area (Å²) < 4.78 is 26.4. The Labute approximate surface area is 134 Å². The average molecular weight is 327 g/mol. The number of carbonyl (C=O) groups excluding carboxylic acids is 1. The molecule has 0 saturated heterocycles. The van der Waals surface area contributed by atoms with Gasteiger partial charge in [-0.3, -0.25) is 9.59 Å². The summed E-state index contributed by atoms with van der Waals surface area (Å²) >= 11 is 0. The fourth-order valence-corrected chi connectivity index (χ4v) is 2.16. The summed E-state index contributed by atoms with van der Waals surface area (Å²) in [5, 5.41) is 3.79. The minimum Gasteiger partial charge on any atom is -0.358 e. The van der Waals surface area contributed by atoms with Crippen LogP contribution < -0.4 is 10.9 Å². The molecule has 1 aromatic heterocycles. The molecule has 0 unspecified atom stereocenters. The molecule has 0 aliphatic rings. The number of para-hydroxylation sites is 1. The molecule has 1 amide bonds. The van der Waals surface area contributed by atoms with Gasteiger partial charge in [-0.25, -0.2) is 14.2 Å². The topological polar surface area (TPSA) is 74.3 Å². The smallest absolute Gasteiger partial charge is 0.276 e. The molecule has 2 aromatic carbocycles. The van der Waals surface area contributed by atoms with E-state index in [1.165, 1.54) is 48.7 Å². The van der Waals surface area contributed by atoms with Gasteiger partial charge in [0, 0.05) is 11.6 Å². The van der Waals surface area contributed by atoms with Gasteiger partial charge >= 0.3 is 0 Å². The van der Waals surface area contributed by atoms with Gasteiger partial charge in [0.1, 0.15) is 17.2 Å². The van der Waals surface area contributed by atoms with Crippen LogP contribution in [0.15, 0.2) is 58.6 Å². The summed E-state index contributed by atoms with van der Waals surface area (Å²) in [4.78, 5) is 26.9. The highest BCUT2D eigenvalue weighted by Crippen LogP contribution is 2.12. The molecule has 7 heteroatoms. The van der Waals surface area contributed by atoms with E-state index < -0.39 is 17.2 Å². The van der Waals surface area contributed by atoms with Crippen molar-refractivity contribution < 1.29 is 13.6 Å². The number of aromatic nitrogens is 1. The fourth-order valence-electron chi connectivity index (χ4n) is 2.16. The highest BCUT2D eigenvalue weighted by atomic mass is 19.1. The molecule has 3 rings (SSSR count). The first-order chi connectivity index (χ1) is 11.6. The van der Waals surface area contributed by atoms with Crippen molar-refractivity contribution in [1.29, 1.82) is 0 Å². The predicted molar refractivity (Wildman–Crippen MR) is 86.0 cm³/mol. The first-order valence-corrected chi connectivity index (χ1v) is 6.95. The van der Waals surface area contributed by atoms with Gasteiger partial charge < -0.3 is 4.98 Å². The van der Waals surface area contributed by atoms with E-state index in [0.717, 1.165) is 6.20 Å². The summed E-state index contributed by atoms with van der Waals surface area (Å²) in [6.45, 7) is 0. The number of fused-ring (bicyclic) bond motifs is 1. The zero-order valence-corrected chi connectivity index (χ0v) is 12.2. The molecular weight excluding hydrogens is 316 g/mol. The number of halogens is 2. The zero-order chi connectivity index (χ0) is 17.1. The maximum absolute atomic E-state index is 13.6. The SMILES string of the molecule is O=C(N/N=C/c1ccc(F)cc1)c1c[nH]c2c(F)cccc2c1=O. The van der Waals surface area contributed by atoms with Crippen LogP contribution in [0, 0.1) is 11.6 Å². The van der Waals surface area contributed by atoms with Crippen molar-refractivity contribution in [2.75, 3.05) is 0 Å². The highest BCUT2D eigenvalue weighted by Gasteiger charge is 2.13. The minimum atomic E-state index is -0.735. The van der Waals surface area contributed by atoms with Gasteiger partial charge in [-0.1, -0.05) is 18.2 Å². The quantitative estimate of drug-likeness (QED) is 0.573. The van der Waals surface area contributed by atoms with E-state index in [9.17, 15) is 18.4 Å². The van der Waals surface area contributed by atoms with E-state index in [1.54, 1.807) is 0 Å². The lowest BCUT2D eigenvalue weighted by Crippen LogP contribution is -2.25. The number of nitrogens with zero attached hydrogens (tertiary/aromatic N) is 1. The van der Waals surface area contributed by atoms with Crippen molar-refractivity contribution in [2.24, 2.45) is 5.10 Å². The maximum Gasteiger partial charge on any atom is 0.276 e. The second-order valence-corrected chi connectivity index (χ2v) is 4.94. The van der Waals surface area contributed by atoms with Crippen molar-refractivity contribution in [1.82, 2.24) is 10.4 Å². The number of rotatable bonds is 3. The van der Waals surface area contributed by atoms with Crippen LogP contribution in [0.25, 0.3) is 10.9 Å². The fraction of sp³-hybridized carbons (Fsp3) is 0. The van der Waals surface area contributed by atoms with E-state index in [2.05, 4.69) is 15.5 Å². The number of hydrogen-bond donors (Lipinski definition) is 2. The lowest BCUT2D eigenvalue weighted by Gasteiger charge is -2.03. The Morgan fingerprint density at radius 1 is 1.12 bits per heavy atom. The van der Waals surface area contributed by atoms with E-state index in [0.29, 0.717) is 5.56 Å². The normalized spacial score (nSPS) is 11.1. The molecule has 2 N–H and O–H groups in total. The largest absolute Gasteiger partial charge is 0.358 e. The first-order valence-electron chi connectivity index (χ1n) is 6.95. The van der Waals surface area contributed by atoms with Gasteiger partial charge in [0.2, 0.25) is 5.43 Å². The molecule has 0 aliphatic heterocycles. The number of hydrazone groups is 1. The maximum atomic E-state index is 13.6. The molecule has 0 spiro atoms. The lowest BCUT2D eigenvalue weighted by atomic mass is 10.1. The van der Waals surface area contributed by atoms with E-state index in [1.807, 2.05) is 0 Å². The third-order valence-corrected chi connectivity index (χ3v) is 3.36. The van der Waals surface area contributed by atoms with Gasteiger partial charge in [-0.15, -0.1) is 0 Å². The van der Waals surface area contributed by atoms with E-state index >= 15 is 0 Å². The Kier molecular flexibility index (Phi) is 4.15. The van der Waals surface area contributed by atoms with Crippen LogP contribution in [-0.4, -0.2) is 17.1 Å². The summed E-state index contributed by atoms with van der Waals surface area (Å²) in [6.07, 6.45) is 2.45. The van der Waals surface area contributed by atoms with Gasteiger partial charge in [-0.2, -0.15) is 5.10 Å². The van der Waals surface area contributed by atoms with Gasteiger partial charge in [0.25, 0.3) is 5.91 Å². The summed E-state index contributed by atoms with van der Waals surface area (Å²) in [5.41, 5.74) is 2.03. The standard InChI is InChI=1S/C17H11F2N3O2/c18-11-6-4-10(5-7-11)8-21-22-17(24)13-9-20-15-12(16(13)23)2-1-3-14(15)19/h1-9H,(H,20,23)(H,22,24)/b21-8+. The van der Waals surface area contributed by atoms with Crippen LogP contribution in [0.4, 0.5) is 8.78 Å². The van der Waals surface area contributed by atoms with Crippen molar-refractivity contribution in [2.45, 2.75) is 0 Å². The molecule has 0 bridgehead atoms. The molecule has 0 saturated carbocycles. The molecule has 0 radical (unpaired) electrons. The number of nitrogens with one attached hydrogen (secondary N) is 2. The average Bonchev–Trinajstić information content (AvgIpc) is 2.57. The molecule has 24 heavy (non-hydrogen) atoms. The third-order valence-electron chi connectivity index (χ3n) is 3.36. The molecule has 0 aliphatic carbocycles. The van der Waals surface area contributed by atoms with Crippen molar-refractivity contribution in [3.63, 3.8) is 0 Å². The van der Waals surface area contributed by atoms with Crippen LogP contribution in [0.5, 0.6) is 0 Å². The van der Waals surface area contributed by atoms with Crippen molar-refractivity contribution in [3.05, 3.63) is 81.6 Å². The number of hydrogen-bond acceptors (Lipinski definition) is 3. The number of benzene rings is 2. The molecule has 3 aromatic rings. The van der Waals surface area contributed by atoms with Crippen LogP contribution in [-0.2, 0) is 0 Å². The van der Waals surface area contributed by atoms with Crippen LogP contribution in [0.1, 0.15) is 15.9 Å². The second-order valence-electron chi connectivity index (χ2n) is 4.94. The van der Waals surface area contributed by atoms with Crippen LogP contribution in [0.2, 0.25) is 0 Å². The number of pyridine rings is 1. The van der Waals surface area contributed by atoms with Crippen molar-refractivity contribution >= 4 is 23.0 Å². The number of carbonyl (C=O) groups is 1. The third kappa shape index (κ3) is 3.05. The Hall–Kier alpha value is -3.35. The first kappa shape index (κ1) is 15.5. The molecule has 0 atom stereocenters. The summed E-state index contributed by atoms with van der Waals surface area (Å²) in [7, 11) is 0. The molecular formula is C17H11F2N3O2. The number of amides is 1. The molecule has 0 fully saturated rings. The monoisotopic (exact) mass is 327 g/mol. The Morgan fingerprint density at radius 3 is 2.62 bits per heavy atom. The van der Waals surface area contributed by atoms with Gasteiger partial charge in [0.15, 0.2) is 0 Å². The molecule has 120 valence electrons. The summed E-state index contributed by atoms with van der Waals surface area (Å²) in [6, 6.07) is 9.51. The van der Waals surface area contributed by atoms with Crippen molar-refractivity contribution in [3.8, 4) is 0 Å². The molecule has 5 nitrogen and oxygen atoms in total. The number of aromatic amines is 1. The number of H-pyrrole nitrogens is 1. The summed E-state index contributed by atoms with van der Waals surface area (Å²) in [5.74, 6) is -1.70. The van der Waals surface area contributed by atoms with E-state index in [-0.39, 0.29) is 22.3 Å². The predicted octanol–water partition coefficient (Wildman–Crippen LogP) is 2.57. The van der Waals surface area contributed by atoms with E-state index in [4.69, 9.17) is 0 Å². The molecule has 1 heterocycles. The van der Waals surface area contributed by atoms with Crippen LogP contribution in [0.3, 0.4) is 0 Å². The Morgan fingerprint density at radius 2 is 1.88 bits per heavy atom. The lowest BCUT2D eigenvalue weighted by molar-refractivity contribution is 0.0954. The highest BCUT2D eigenvalue weighted by molar-refractivity contribution is 5.97. The Bertz CT molecular complexity index is 995.